The first-order valence-electron chi connectivity index (χ1n) is 7.52. The van der Waals surface area contributed by atoms with Crippen molar-refractivity contribution in [2.45, 2.75) is 70.3 Å². The van der Waals surface area contributed by atoms with Crippen LogP contribution >= 0.6 is 11.6 Å². The normalized spacial score (nSPS) is 54.2. The highest BCUT2D eigenvalue weighted by Gasteiger charge is 2.61. The van der Waals surface area contributed by atoms with Gasteiger partial charge in [-0.05, 0) is 61.2 Å². The van der Waals surface area contributed by atoms with E-state index in [4.69, 9.17) is 16.3 Å². The molecule has 1 nitrogen and oxygen atoms in total. The van der Waals surface area contributed by atoms with Gasteiger partial charge < -0.3 is 4.74 Å². The summed E-state index contributed by atoms with van der Waals surface area (Å²) >= 11 is 6.64. The number of fused-ring (bicyclic) bond motifs is 4. The molecule has 0 saturated heterocycles. The first-order chi connectivity index (χ1) is 8.33. The molecule has 3 aliphatic carbocycles. The number of hydrogen-bond acceptors (Lipinski definition) is 1. The molecule has 0 amide bonds. The number of rotatable bonds is 1. The summed E-state index contributed by atoms with van der Waals surface area (Å²) in [6, 6.07) is 0. The van der Waals surface area contributed by atoms with Crippen LogP contribution in [0.1, 0.15) is 59.3 Å². The van der Waals surface area contributed by atoms with Gasteiger partial charge >= 0.3 is 0 Å². The molecular formula is C16H27ClO. The van der Waals surface area contributed by atoms with Crippen molar-refractivity contribution in [1.82, 2.24) is 0 Å². The molecule has 0 aromatic carbocycles. The summed E-state index contributed by atoms with van der Waals surface area (Å²) in [6.07, 6.45) is 7.49. The van der Waals surface area contributed by atoms with E-state index in [1.54, 1.807) is 0 Å². The maximum atomic E-state index is 6.64. The number of hydrogen-bond donors (Lipinski definition) is 0. The fourth-order valence-corrected chi connectivity index (χ4v) is 5.82. The highest BCUT2D eigenvalue weighted by molar-refractivity contribution is 6.21. The summed E-state index contributed by atoms with van der Waals surface area (Å²) in [5.74, 6) is 1.80. The molecule has 3 fully saturated rings. The minimum atomic E-state index is -0.0397. The summed E-state index contributed by atoms with van der Waals surface area (Å²) in [4.78, 5) is 0. The van der Waals surface area contributed by atoms with Gasteiger partial charge in [0.05, 0.1) is 11.0 Å². The third-order valence-electron chi connectivity index (χ3n) is 6.66. The van der Waals surface area contributed by atoms with E-state index in [9.17, 15) is 0 Å². The molecule has 0 radical (unpaired) electrons. The summed E-state index contributed by atoms with van der Waals surface area (Å²) in [7, 11) is 1.87. The van der Waals surface area contributed by atoms with Crippen LogP contribution in [0, 0.1) is 22.7 Å². The largest absolute Gasteiger partial charge is 0.377 e. The molecule has 0 spiro atoms. The molecule has 104 valence electrons. The number of methoxy groups -OCH3 is 1. The number of ether oxygens (including phenoxy) is 1. The molecule has 18 heavy (non-hydrogen) atoms. The smallest absolute Gasteiger partial charge is 0.0846 e. The van der Waals surface area contributed by atoms with Crippen LogP contribution in [0.25, 0.3) is 0 Å². The van der Waals surface area contributed by atoms with Gasteiger partial charge in [0.2, 0.25) is 0 Å². The van der Waals surface area contributed by atoms with Crippen LogP contribution in [0.15, 0.2) is 0 Å². The molecule has 0 aromatic rings. The van der Waals surface area contributed by atoms with Crippen LogP contribution in [-0.2, 0) is 4.74 Å². The Morgan fingerprint density at radius 1 is 1.06 bits per heavy atom. The molecular weight excluding hydrogens is 244 g/mol. The molecule has 2 heteroatoms. The number of halogens is 1. The zero-order valence-corrected chi connectivity index (χ0v) is 13.0. The van der Waals surface area contributed by atoms with Gasteiger partial charge in [-0.25, -0.2) is 0 Å². The van der Waals surface area contributed by atoms with Gasteiger partial charge in [0.25, 0.3) is 0 Å². The standard InChI is InChI=1S/C16H27ClO/c1-14(2)9-12-11(14)5-8-16(18-4)10-15(12,3)7-6-13(16)17/h11-13H,5-10H2,1-4H3/t11-,12+,13-,15+,16-/m1/s1. The first-order valence-corrected chi connectivity index (χ1v) is 7.96. The highest BCUT2D eigenvalue weighted by Crippen LogP contribution is 2.67. The Bertz CT molecular complexity index is 353. The van der Waals surface area contributed by atoms with Gasteiger partial charge in [-0.15, -0.1) is 11.6 Å². The minimum Gasteiger partial charge on any atom is -0.377 e. The molecule has 0 heterocycles. The van der Waals surface area contributed by atoms with Gasteiger partial charge in [-0.3, -0.25) is 0 Å². The second-order valence-electron chi connectivity index (χ2n) is 8.05. The molecule has 3 rings (SSSR count). The lowest BCUT2D eigenvalue weighted by Crippen LogP contribution is -2.54. The maximum Gasteiger partial charge on any atom is 0.0846 e. The average Bonchev–Trinajstić information content (AvgIpc) is 2.39. The zero-order valence-electron chi connectivity index (χ0n) is 12.3. The molecule has 3 saturated carbocycles. The van der Waals surface area contributed by atoms with E-state index in [0.717, 1.165) is 24.7 Å². The third kappa shape index (κ3) is 1.62. The van der Waals surface area contributed by atoms with Crippen LogP contribution < -0.4 is 0 Å². The van der Waals surface area contributed by atoms with E-state index in [1.165, 1.54) is 25.7 Å². The van der Waals surface area contributed by atoms with Crippen molar-refractivity contribution in [3.63, 3.8) is 0 Å². The van der Waals surface area contributed by atoms with Crippen LogP contribution in [0.3, 0.4) is 0 Å². The van der Waals surface area contributed by atoms with Crippen LogP contribution in [0.5, 0.6) is 0 Å². The molecule has 2 bridgehead atoms. The van der Waals surface area contributed by atoms with Gasteiger partial charge in [0.1, 0.15) is 0 Å². The summed E-state index contributed by atoms with van der Waals surface area (Å²) in [6.45, 7) is 7.40. The van der Waals surface area contributed by atoms with E-state index in [0.29, 0.717) is 10.8 Å². The lowest BCUT2D eigenvalue weighted by Gasteiger charge is -2.59. The topological polar surface area (TPSA) is 9.23 Å². The van der Waals surface area contributed by atoms with E-state index < -0.39 is 0 Å². The molecule has 3 aliphatic rings. The van der Waals surface area contributed by atoms with Gasteiger partial charge in [-0.2, -0.15) is 0 Å². The third-order valence-corrected chi connectivity index (χ3v) is 7.27. The lowest BCUT2D eigenvalue weighted by molar-refractivity contribution is -0.117. The van der Waals surface area contributed by atoms with Gasteiger partial charge in [-0.1, -0.05) is 20.8 Å². The highest BCUT2D eigenvalue weighted by atomic mass is 35.5. The van der Waals surface area contributed by atoms with Crippen LogP contribution in [0.2, 0.25) is 0 Å². The Morgan fingerprint density at radius 2 is 1.78 bits per heavy atom. The second-order valence-corrected chi connectivity index (χ2v) is 8.58. The van der Waals surface area contributed by atoms with Crippen molar-refractivity contribution in [3.05, 3.63) is 0 Å². The number of alkyl halides is 1. The SMILES string of the molecule is CO[C@@]12CC[C@@H]3[C@H](CC3(C)C)[C@@](C)(CC[C@H]1Cl)C2. The van der Waals surface area contributed by atoms with E-state index in [2.05, 4.69) is 20.8 Å². The Balaban J connectivity index is 1.94. The Hall–Kier alpha value is 0.250. The van der Waals surface area contributed by atoms with E-state index in [1.807, 2.05) is 7.11 Å². The van der Waals surface area contributed by atoms with E-state index >= 15 is 0 Å². The van der Waals surface area contributed by atoms with Crippen LogP contribution in [-0.4, -0.2) is 18.1 Å². The quantitative estimate of drug-likeness (QED) is 0.632. The zero-order chi connectivity index (χ0) is 13.2. The predicted molar refractivity (Wildman–Crippen MR) is 76.0 cm³/mol. The first kappa shape index (κ1) is 13.2. The Labute approximate surface area is 117 Å². The van der Waals surface area contributed by atoms with Crippen molar-refractivity contribution in [1.29, 1.82) is 0 Å². The van der Waals surface area contributed by atoms with Gasteiger partial charge in [0, 0.05) is 7.11 Å². The fourth-order valence-electron chi connectivity index (χ4n) is 5.43. The fraction of sp³-hybridized carbons (Fsp3) is 1.00. The maximum absolute atomic E-state index is 6.64. The van der Waals surface area contributed by atoms with Crippen molar-refractivity contribution >= 4 is 11.6 Å². The van der Waals surface area contributed by atoms with E-state index in [-0.39, 0.29) is 11.0 Å². The Morgan fingerprint density at radius 3 is 2.39 bits per heavy atom. The Kier molecular flexibility index (Phi) is 2.86. The summed E-state index contributed by atoms with van der Waals surface area (Å²) in [5.41, 5.74) is 0.974. The van der Waals surface area contributed by atoms with Crippen LogP contribution in [0.4, 0.5) is 0 Å². The summed E-state index contributed by atoms with van der Waals surface area (Å²) in [5, 5.41) is 0.219. The monoisotopic (exact) mass is 270 g/mol. The van der Waals surface area contributed by atoms with Gasteiger partial charge in [0.15, 0.2) is 0 Å². The van der Waals surface area contributed by atoms with Crippen molar-refractivity contribution in [3.8, 4) is 0 Å². The molecule has 0 unspecified atom stereocenters. The lowest BCUT2D eigenvalue weighted by atomic mass is 9.46. The predicted octanol–water partition coefficient (Wildman–Crippen LogP) is 4.63. The minimum absolute atomic E-state index is 0.0397. The second kappa shape index (κ2) is 3.88. The average molecular weight is 271 g/mol. The molecule has 0 aromatic heterocycles. The van der Waals surface area contributed by atoms with Crippen molar-refractivity contribution in [2.24, 2.45) is 22.7 Å². The molecule has 0 aliphatic heterocycles. The summed E-state index contributed by atoms with van der Waals surface area (Å²) < 4.78 is 5.97. The molecule has 0 N–H and O–H groups in total. The van der Waals surface area contributed by atoms with Crippen molar-refractivity contribution in [2.75, 3.05) is 7.11 Å². The van der Waals surface area contributed by atoms with Crippen molar-refractivity contribution < 1.29 is 4.74 Å². The molecule has 5 atom stereocenters.